The molecule has 3 rings (SSSR count). The van der Waals surface area contributed by atoms with E-state index >= 15 is 0 Å². The van der Waals surface area contributed by atoms with Crippen molar-refractivity contribution in [3.05, 3.63) is 51.8 Å². The van der Waals surface area contributed by atoms with Gasteiger partial charge in [0, 0.05) is 24.4 Å². The molecule has 2 aromatic carbocycles. The van der Waals surface area contributed by atoms with E-state index in [1.807, 2.05) is 0 Å². The van der Waals surface area contributed by atoms with Crippen LogP contribution in [-0.4, -0.2) is 6.79 Å². The van der Waals surface area contributed by atoms with Crippen molar-refractivity contribution >= 4 is 21.6 Å². The number of nitrogens with one attached hydrogen (secondary N) is 1. The van der Waals surface area contributed by atoms with Gasteiger partial charge < -0.3 is 14.8 Å². The Morgan fingerprint density at radius 1 is 1.05 bits per heavy atom. The van der Waals surface area contributed by atoms with Gasteiger partial charge in [-0.05, 0) is 33.6 Å². The van der Waals surface area contributed by atoms with Gasteiger partial charge >= 0.3 is 0 Å². The minimum absolute atomic E-state index is 0.152. The molecule has 1 aliphatic heterocycles. The molecule has 0 radical (unpaired) electrons. The number of hydrogen-bond donors (Lipinski definition) is 1. The summed E-state index contributed by atoms with van der Waals surface area (Å²) in [4.78, 5) is 0. The minimum atomic E-state index is -1.48. The number of halogens is 4. The molecule has 0 atom stereocenters. The zero-order chi connectivity index (χ0) is 15.0. The Balaban J connectivity index is 1.78. The van der Waals surface area contributed by atoms with Crippen molar-refractivity contribution in [2.45, 2.75) is 6.54 Å². The molecule has 0 fully saturated rings. The fourth-order valence-corrected chi connectivity index (χ4v) is 2.59. The first-order valence-corrected chi connectivity index (χ1v) is 6.80. The highest BCUT2D eigenvalue weighted by atomic mass is 79.9. The van der Waals surface area contributed by atoms with E-state index in [0.717, 1.165) is 22.2 Å². The zero-order valence-corrected chi connectivity index (χ0v) is 12.1. The number of anilines is 1. The van der Waals surface area contributed by atoms with Crippen LogP contribution in [0.2, 0.25) is 0 Å². The molecule has 110 valence electrons. The van der Waals surface area contributed by atoms with E-state index < -0.39 is 17.5 Å². The second kappa shape index (κ2) is 5.48. The van der Waals surface area contributed by atoms with Crippen LogP contribution in [0.1, 0.15) is 5.56 Å². The molecule has 0 saturated carbocycles. The fourth-order valence-electron chi connectivity index (χ4n) is 1.98. The van der Waals surface area contributed by atoms with Crippen LogP contribution in [0.3, 0.4) is 0 Å². The Morgan fingerprint density at radius 2 is 1.76 bits per heavy atom. The Bertz CT molecular complexity index is 686. The van der Waals surface area contributed by atoms with Gasteiger partial charge in [-0.3, -0.25) is 0 Å². The number of fused-ring (bicyclic) bond motifs is 1. The number of benzene rings is 2. The number of rotatable bonds is 3. The molecule has 1 N–H and O–H groups in total. The summed E-state index contributed by atoms with van der Waals surface area (Å²) in [5.74, 6) is -2.73. The molecule has 7 heteroatoms. The molecule has 0 saturated heterocycles. The summed E-state index contributed by atoms with van der Waals surface area (Å²) in [6.45, 7) is 0.443. The summed E-state index contributed by atoms with van der Waals surface area (Å²) in [6.07, 6.45) is 0. The average molecular weight is 360 g/mol. The zero-order valence-electron chi connectivity index (χ0n) is 10.6. The lowest BCUT2D eigenvalue weighted by atomic mass is 10.2. The monoisotopic (exact) mass is 359 g/mol. The van der Waals surface area contributed by atoms with Crippen molar-refractivity contribution in [2.75, 3.05) is 12.1 Å². The van der Waals surface area contributed by atoms with Gasteiger partial charge in [0.25, 0.3) is 0 Å². The Hall–Kier alpha value is -1.89. The normalized spacial score (nSPS) is 12.6. The van der Waals surface area contributed by atoms with Crippen molar-refractivity contribution in [3.63, 3.8) is 0 Å². The molecule has 1 aliphatic rings. The van der Waals surface area contributed by atoms with Crippen LogP contribution >= 0.6 is 15.9 Å². The van der Waals surface area contributed by atoms with E-state index in [-0.39, 0.29) is 12.5 Å². The SMILES string of the molecule is Fc1cc(NCc2cc(Br)c3c(c2)OCO3)cc(F)c1F. The second-order valence-corrected chi connectivity index (χ2v) is 5.27. The first-order chi connectivity index (χ1) is 10.0. The van der Waals surface area contributed by atoms with E-state index in [0.29, 0.717) is 18.0 Å². The Kier molecular flexibility index (Phi) is 3.67. The molecule has 3 nitrogen and oxygen atoms in total. The highest BCUT2D eigenvalue weighted by Gasteiger charge is 2.18. The lowest BCUT2D eigenvalue weighted by Crippen LogP contribution is -2.02. The van der Waals surface area contributed by atoms with Gasteiger partial charge in [0.15, 0.2) is 29.0 Å². The van der Waals surface area contributed by atoms with Crippen molar-refractivity contribution in [1.29, 1.82) is 0 Å². The fraction of sp³-hybridized carbons (Fsp3) is 0.143. The lowest BCUT2D eigenvalue weighted by molar-refractivity contribution is 0.173. The first kappa shape index (κ1) is 14.1. The maximum atomic E-state index is 13.1. The van der Waals surface area contributed by atoms with Gasteiger partial charge in [-0.15, -0.1) is 0 Å². The average Bonchev–Trinajstić information content (AvgIpc) is 2.91. The highest BCUT2D eigenvalue weighted by molar-refractivity contribution is 9.10. The van der Waals surface area contributed by atoms with Gasteiger partial charge in [-0.25, -0.2) is 13.2 Å². The van der Waals surface area contributed by atoms with E-state index in [4.69, 9.17) is 9.47 Å². The molecule has 0 amide bonds. The standard InChI is InChI=1S/C14H9BrF3NO2/c15-9-1-7(2-12-14(9)21-6-20-12)5-19-8-3-10(16)13(18)11(17)4-8/h1-4,19H,5-6H2. The van der Waals surface area contributed by atoms with E-state index in [1.165, 1.54) is 0 Å². The quantitative estimate of drug-likeness (QED) is 0.832. The minimum Gasteiger partial charge on any atom is -0.454 e. The Morgan fingerprint density at radius 3 is 2.48 bits per heavy atom. The van der Waals surface area contributed by atoms with Crippen molar-refractivity contribution in [1.82, 2.24) is 0 Å². The third kappa shape index (κ3) is 2.78. The summed E-state index contributed by atoms with van der Waals surface area (Å²) in [5.41, 5.74) is 0.969. The van der Waals surface area contributed by atoms with Crippen molar-refractivity contribution < 1.29 is 22.6 Å². The lowest BCUT2D eigenvalue weighted by Gasteiger charge is -2.09. The maximum absolute atomic E-state index is 13.1. The second-order valence-electron chi connectivity index (χ2n) is 4.42. The highest BCUT2D eigenvalue weighted by Crippen LogP contribution is 2.40. The van der Waals surface area contributed by atoms with E-state index in [2.05, 4.69) is 21.2 Å². The van der Waals surface area contributed by atoms with Crippen LogP contribution < -0.4 is 14.8 Å². The first-order valence-electron chi connectivity index (χ1n) is 6.01. The molecule has 0 spiro atoms. The molecule has 0 aromatic heterocycles. The predicted molar refractivity (Wildman–Crippen MR) is 73.9 cm³/mol. The molecule has 0 unspecified atom stereocenters. The summed E-state index contributed by atoms with van der Waals surface area (Å²) < 4.78 is 50.3. The third-order valence-corrected chi connectivity index (χ3v) is 3.56. The van der Waals surface area contributed by atoms with Gasteiger partial charge in [-0.2, -0.15) is 0 Å². The van der Waals surface area contributed by atoms with Crippen LogP contribution in [0, 0.1) is 17.5 Å². The van der Waals surface area contributed by atoms with Gasteiger partial charge in [0.1, 0.15) is 0 Å². The van der Waals surface area contributed by atoms with Crippen LogP contribution in [0.5, 0.6) is 11.5 Å². The van der Waals surface area contributed by atoms with Crippen molar-refractivity contribution in [2.24, 2.45) is 0 Å². The maximum Gasteiger partial charge on any atom is 0.231 e. The number of ether oxygens (including phenoxy) is 2. The largest absolute Gasteiger partial charge is 0.454 e. The van der Waals surface area contributed by atoms with Crippen LogP contribution in [0.25, 0.3) is 0 Å². The van der Waals surface area contributed by atoms with Crippen molar-refractivity contribution in [3.8, 4) is 11.5 Å². The molecular formula is C14H9BrF3NO2. The van der Waals surface area contributed by atoms with Gasteiger partial charge in [0.05, 0.1) is 4.47 Å². The van der Waals surface area contributed by atoms with Gasteiger partial charge in [0.2, 0.25) is 6.79 Å². The molecule has 0 aliphatic carbocycles. The predicted octanol–water partition coefficient (Wildman–Crippen LogP) is 4.21. The van der Waals surface area contributed by atoms with E-state index in [9.17, 15) is 13.2 Å². The molecular weight excluding hydrogens is 351 g/mol. The van der Waals surface area contributed by atoms with Gasteiger partial charge in [-0.1, -0.05) is 0 Å². The molecule has 0 bridgehead atoms. The molecule has 21 heavy (non-hydrogen) atoms. The summed E-state index contributed by atoms with van der Waals surface area (Å²) in [5, 5.41) is 2.82. The van der Waals surface area contributed by atoms with Crippen LogP contribution in [0.4, 0.5) is 18.9 Å². The smallest absolute Gasteiger partial charge is 0.231 e. The molecule has 1 heterocycles. The summed E-state index contributed by atoms with van der Waals surface area (Å²) in [6, 6.07) is 5.37. The van der Waals surface area contributed by atoms with Crippen LogP contribution in [-0.2, 0) is 6.54 Å². The number of hydrogen-bond acceptors (Lipinski definition) is 3. The molecule has 2 aromatic rings. The third-order valence-electron chi connectivity index (χ3n) is 2.97. The Labute approximate surface area is 126 Å². The van der Waals surface area contributed by atoms with Crippen LogP contribution in [0.15, 0.2) is 28.7 Å². The summed E-state index contributed by atoms with van der Waals surface area (Å²) in [7, 11) is 0. The topological polar surface area (TPSA) is 30.5 Å². The summed E-state index contributed by atoms with van der Waals surface area (Å²) >= 11 is 3.35. The van der Waals surface area contributed by atoms with E-state index in [1.54, 1.807) is 12.1 Å².